The number of carbonyl (C=O) groups is 1. The third kappa shape index (κ3) is 2.53. The normalized spacial score (nSPS) is 19.9. The lowest BCUT2D eigenvalue weighted by atomic mass is 10.0. The number of hydrogen-bond acceptors (Lipinski definition) is 5. The predicted octanol–water partition coefficient (Wildman–Crippen LogP) is 2.77. The van der Waals surface area contributed by atoms with Gasteiger partial charge in [0.05, 0.1) is 16.6 Å². The lowest BCUT2D eigenvalue weighted by molar-refractivity contribution is -0.119. The van der Waals surface area contributed by atoms with E-state index in [4.69, 9.17) is 16.5 Å². The van der Waals surface area contributed by atoms with Crippen LogP contribution in [0.4, 0.5) is 5.69 Å². The van der Waals surface area contributed by atoms with Crippen molar-refractivity contribution in [1.29, 1.82) is 0 Å². The van der Waals surface area contributed by atoms with Crippen molar-refractivity contribution in [3.63, 3.8) is 0 Å². The maximum Gasteiger partial charge on any atom is 0.220 e. The molecule has 0 saturated carbocycles. The molecule has 1 fully saturated rings. The smallest absolute Gasteiger partial charge is 0.220 e. The van der Waals surface area contributed by atoms with Gasteiger partial charge in [-0.15, -0.1) is 0 Å². The monoisotopic (exact) mass is 311 g/mol. The third-order valence-electron chi connectivity index (χ3n) is 3.54. The van der Waals surface area contributed by atoms with E-state index in [0.29, 0.717) is 13.0 Å². The minimum Gasteiger partial charge on any atom is -0.490 e. The molecule has 1 aliphatic rings. The number of amides is 1. The van der Waals surface area contributed by atoms with Crippen molar-refractivity contribution in [2.75, 3.05) is 11.4 Å². The number of nitrogens with one attached hydrogen (secondary N) is 2. The van der Waals surface area contributed by atoms with Crippen LogP contribution in [-0.4, -0.2) is 22.9 Å². The van der Waals surface area contributed by atoms with E-state index in [9.17, 15) is 4.79 Å². The lowest BCUT2D eigenvalue weighted by Gasteiger charge is -2.20. The first kappa shape index (κ1) is 13.5. The number of rotatable bonds is 4. The zero-order valence-electron chi connectivity index (χ0n) is 10.9. The van der Waals surface area contributed by atoms with Crippen LogP contribution in [0.15, 0.2) is 17.5 Å². The molecular weight excluding hydrogens is 298 g/mol. The number of ether oxygens (including phenoxy) is 1. The van der Waals surface area contributed by atoms with Gasteiger partial charge in [0.1, 0.15) is 11.9 Å². The van der Waals surface area contributed by atoms with Crippen molar-refractivity contribution in [1.82, 2.24) is 9.69 Å². The number of aromatic nitrogens is 1. The van der Waals surface area contributed by atoms with E-state index < -0.39 is 0 Å². The zero-order valence-corrected chi connectivity index (χ0v) is 12.4. The fourth-order valence-corrected chi connectivity index (χ4v) is 3.12. The molecule has 0 bridgehead atoms. The molecule has 1 saturated heterocycles. The van der Waals surface area contributed by atoms with Gasteiger partial charge in [0.2, 0.25) is 5.91 Å². The first-order chi connectivity index (χ1) is 9.67. The Bertz CT molecular complexity index is 646. The quantitative estimate of drug-likeness (QED) is 0.852. The van der Waals surface area contributed by atoms with Crippen LogP contribution in [0.2, 0.25) is 0 Å². The number of fused-ring (bicyclic) bond motifs is 1. The van der Waals surface area contributed by atoms with Gasteiger partial charge in [-0.1, -0.05) is 0 Å². The maximum absolute atomic E-state index is 11.3. The summed E-state index contributed by atoms with van der Waals surface area (Å²) in [5.41, 5.74) is 1.59. The molecular formula is C13H14ClN3O2S. The molecule has 2 N–H and O–H groups in total. The van der Waals surface area contributed by atoms with Crippen molar-refractivity contribution in [2.24, 2.45) is 5.92 Å². The van der Waals surface area contributed by atoms with E-state index in [1.807, 2.05) is 24.4 Å². The number of carbonyl (C=O) groups excluding carboxylic acids is 1. The van der Waals surface area contributed by atoms with Crippen LogP contribution in [0.5, 0.6) is 5.75 Å². The number of benzene rings is 1. The van der Waals surface area contributed by atoms with Crippen LogP contribution in [0.25, 0.3) is 10.9 Å². The Balaban J connectivity index is 1.86. The van der Waals surface area contributed by atoms with E-state index in [1.54, 1.807) is 0 Å². The minimum atomic E-state index is -0.0531. The van der Waals surface area contributed by atoms with Gasteiger partial charge >= 0.3 is 0 Å². The molecule has 106 valence electrons. The lowest BCUT2D eigenvalue weighted by Crippen LogP contribution is -2.25. The number of anilines is 1. The van der Waals surface area contributed by atoms with Gasteiger partial charge in [-0.25, -0.2) is 0 Å². The molecule has 1 aromatic heterocycles. The molecule has 1 aromatic carbocycles. The van der Waals surface area contributed by atoms with Gasteiger partial charge in [-0.2, -0.15) is 4.37 Å². The second-order valence-electron chi connectivity index (χ2n) is 4.91. The van der Waals surface area contributed by atoms with E-state index in [1.165, 1.54) is 11.5 Å². The van der Waals surface area contributed by atoms with Gasteiger partial charge in [0.15, 0.2) is 0 Å². The molecule has 7 heteroatoms. The number of halogens is 1. The molecule has 1 amide bonds. The molecule has 20 heavy (non-hydrogen) atoms. The van der Waals surface area contributed by atoms with Crippen molar-refractivity contribution < 1.29 is 9.53 Å². The van der Waals surface area contributed by atoms with Crippen LogP contribution < -0.4 is 14.9 Å². The molecule has 2 heterocycles. The zero-order chi connectivity index (χ0) is 14.1. The summed E-state index contributed by atoms with van der Waals surface area (Å²) in [5.74, 6) is 1.02. The highest BCUT2D eigenvalue weighted by molar-refractivity contribution is 7.04. The van der Waals surface area contributed by atoms with Gasteiger partial charge in [-0.3, -0.25) is 9.63 Å². The van der Waals surface area contributed by atoms with E-state index in [-0.39, 0.29) is 17.9 Å². The van der Waals surface area contributed by atoms with Gasteiger partial charge < -0.3 is 10.1 Å². The Hall–Kier alpha value is -1.53. The fourth-order valence-electron chi connectivity index (χ4n) is 2.35. The average molecular weight is 312 g/mol. The first-order valence-electron chi connectivity index (χ1n) is 6.35. The summed E-state index contributed by atoms with van der Waals surface area (Å²) < 4.78 is 10.3. The maximum atomic E-state index is 11.3. The summed E-state index contributed by atoms with van der Waals surface area (Å²) in [6, 6.07) is 3.72. The van der Waals surface area contributed by atoms with Crippen LogP contribution in [-0.2, 0) is 4.79 Å². The predicted molar refractivity (Wildman–Crippen MR) is 80.3 cm³/mol. The van der Waals surface area contributed by atoms with Crippen molar-refractivity contribution >= 4 is 45.8 Å². The summed E-state index contributed by atoms with van der Waals surface area (Å²) in [4.78, 5) is 13.9. The average Bonchev–Trinajstić information content (AvgIpc) is 3.06. The molecule has 2 atom stereocenters. The Kier molecular flexibility index (Phi) is 3.67. The molecule has 2 aromatic rings. The van der Waals surface area contributed by atoms with Crippen molar-refractivity contribution in [2.45, 2.75) is 19.4 Å². The largest absolute Gasteiger partial charge is 0.490 e. The van der Waals surface area contributed by atoms with Crippen LogP contribution >= 0.6 is 23.3 Å². The first-order valence-corrected chi connectivity index (χ1v) is 7.57. The van der Waals surface area contributed by atoms with Gasteiger partial charge in [0, 0.05) is 42.1 Å². The number of nitrogens with zero attached hydrogens (tertiary/aromatic N) is 1. The van der Waals surface area contributed by atoms with Crippen molar-refractivity contribution in [3.05, 3.63) is 17.5 Å². The Labute approximate surface area is 125 Å². The fraction of sp³-hybridized carbons (Fsp3) is 0.385. The topological polar surface area (TPSA) is 63.2 Å². The SMILES string of the molecule is C[C@@H](Oc1cc(NCl)cc2nscc12)[C@H]1CNC(=O)C1. The van der Waals surface area contributed by atoms with E-state index >= 15 is 0 Å². The standard InChI is InChI=1S/C13H14ClN3O2S/c1-7(8-2-13(18)15-5-8)19-12-4-9(16-14)3-11-10(12)6-20-17-11/h3-4,6-8,16H,2,5H2,1H3,(H,15,18)/t7-,8-/m1/s1. The Morgan fingerprint density at radius 3 is 3.15 bits per heavy atom. The molecule has 0 unspecified atom stereocenters. The molecule has 5 nitrogen and oxygen atoms in total. The van der Waals surface area contributed by atoms with E-state index in [2.05, 4.69) is 14.5 Å². The van der Waals surface area contributed by atoms with Crippen LogP contribution in [0.3, 0.4) is 0 Å². The van der Waals surface area contributed by atoms with Gasteiger partial charge in [0.25, 0.3) is 0 Å². The minimum absolute atomic E-state index is 0.0531. The highest BCUT2D eigenvalue weighted by Gasteiger charge is 2.28. The van der Waals surface area contributed by atoms with Crippen molar-refractivity contribution in [3.8, 4) is 5.75 Å². The summed E-state index contributed by atoms with van der Waals surface area (Å²) >= 11 is 7.04. The summed E-state index contributed by atoms with van der Waals surface area (Å²) in [6.07, 6.45) is 0.460. The molecule has 0 spiro atoms. The number of hydrogen-bond donors (Lipinski definition) is 2. The van der Waals surface area contributed by atoms with Gasteiger partial charge in [-0.05, 0) is 24.5 Å². The second-order valence-corrected chi connectivity index (χ2v) is 5.73. The second kappa shape index (κ2) is 5.46. The Morgan fingerprint density at radius 1 is 1.60 bits per heavy atom. The molecule has 3 rings (SSSR count). The highest BCUT2D eigenvalue weighted by Crippen LogP contribution is 2.33. The summed E-state index contributed by atoms with van der Waals surface area (Å²) in [7, 11) is 0. The molecule has 0 radical (unpaired) electrons. The molecule has 1 aliphatic heterocycles. The third-order valence-corrected chi connectivity index (χ3v) is 4.40. The van der Waals surface area contributed by atoms with E-state index in [0.717, 1.165) is 22.3 Å². The Morgan fingerprint density at radius 2 is 2.45 bits per heavy atom. The van der Waals surface area contributed by atoms with Crippen LogP contribution in [0, 0.1) is 5.92 Å². The van der Waals surface area contributed by atoms with Crippen LogP contribution in [0.1, 0.15) is 13.3 Å². The highest BCUT2D eigenvalue weighted by atomic mass is 35.5. The summed E-state index contributed by atoms with van der Waals surface area (Å²) in [5, 5.41) is 5.75. The summed E-state index contributed by atoms with van der Waals surface area (Å²) in [6.45, 7) is 2.65. The molecule has 0 aliphatic carbocycles.